The number of hydrogen-bond donors (Lipinski definition) is 1. The first kappa shape index (κ1) is 19.2. The number of amides is 1. The molecule has 2 aromatic carbocycles. The summed E-state index contributed by atoms with van der Waals surface area (Å²) in [5.41, 5.74) is 3.82. The number of likely N-dealkylation sites (tertiary alicyclic amines) is 1. The summed E-state index contributed by atoms with van der Waals surface area (Å²) in [6.45, 7) is 2.86. The van der Waals surface area contributed by atoms with E-state index in [1.54, 1.807) is 0 Å². The first-order valence-corrected chi connectivity index (χ1v) is 10.7. The molecule has 0 bridgehead atoms. The van der Waals surface area contributed by atoms with Crippen LogP contribution < -0.4 is 0 Å². The van der Waals surface area contributed by atoms with Gasteiger partial charge in [-0.05, 0) is 68.1 Å². The van der Waals surface area contributed by atoms with Crippen LogP contribution in [0.15, 0.2) is 54.6 Å². The molecule has 1 saturated carbocycles. The maximum atomic E-state index is 12.6. The summed E-state index contributed by atoms with van der Waals surface area (Å²) in [5.74, 6) is 0.883. The Labute approximate surface area is 168 Å². The van der Waals surface area contributed by atoms with Gasteiger partial charge in [-0.3, -0.25) is 4.79 Å². The maximum absolute atomic E-state index is 12.6. The third-order valence-electron chi connectivity index (χ3n) is 7.03. The van der Waals surface area contributed by atoms with Crippen LogP contribution in [0.25, 0.3) is 0 Å². The van der Waals surface area contributed by atoms with E-state index in [4.69, 9.17) is 0 Å². The van der Waals surface area contributed by atoms with Crippen molar-refractivity contribution in [1.82, 2.24) is 4.90 Å². The molecule has 2 aliphatic rings. The summed E-state index contributed by atoms with van der Waals surface area (Å²) in [4.78, 5) is 14.8. The molecule has 28 heavy (non-hydrogen) atoms. The zero-order valence-electron chi connectivity index (χ0n) is 16.8. The number of aliphatic hydroxyl groups is 1. The molecule has 3 heteroatoms. The second-order valence-corrected chi connectivity index (χ2v) is 8.62. The monoisotopic (exact) mass is 377 g/mol. The average Bonchev–Trinajstić information content (AvgIpc) is 3.03. The molecule has 1 heterocycles. The van der Waals surface area contributed by atoms with E-state index in [1.807, 2.05) is 30.3 Å². The molecule has 2 aromatic rings. The summed E-state index contributed by atoms with van der Waals surface area (Å²) in [5, 5.41) is 10.5. The molecule has 0 unspecified atom stereocenters. The quantitative estimate of drug-likeness (QED) is 0.784. The molecular weight excluding hydrogens is 346 g/mol. The number of benzene rings is 2. The molecule has 148 valence electrons. The highest BCUT2D eigenvalue weighted by Gasteiger charge is 2.47. The summed E-state index contributed by atoms with van der Waals surface area (Å²) in [6.07, 6.45) is 6.21. The normalized spacial score (nSPS) is 26.0. The highest BCUT2D eigenvalue weighted by Crippen LogP contribution is 2.47. The first-order chi connectivity index (χ1) is 13.6. The van der Waals surface area contributed by atoms with E-state index in [2.05, 4.69) is 36.1 Å². The van der Waals surface area contributed by atoms with E-state index in [1.165, 1.54) is 11.1 Å². The minimum absolute atomic E-state index is 0.0205. The molecule has 1 atom stereocenters. The Morgan fingerprint density at radius 2 is 1.71 bits per heavy atom. The van der Waals surface area contributed by atoms with Gasteiger partial charge >= 0.3 is 0 Å². The molecule has 0 radical (unpaired) electrons. The molecule has 2 fully saturated rings. The molecule has 1 saturated heterocycles. The van der Waals surface area contributed by atoms with Gasteiger partial charge in [-0.1, -0.05) is 54.6 Å². The van der Waals surface area contributed by atoms with Crippen LogP contribution >= 0.6 is 0 Å². The van der Waals surface area contributed by atoms with Crippen molar-refractivity contribution in [1.29, 1.82) is 0 Å². The van der Waals surface area contributed by atoms with E-state index in [0.29, 0.717) is 25.3 Å². The molecule has 3 nitrogen and oxygen atoms in total. The molecule has 4 rings (SSSR count). The van der Waals surface area contributed by atoms with Gasteiger partial charge in [0.15, 0.2) is 0 Å². The molecule has 1 aliphatic carbocycles. The van der Waals surface area contributed by atoms with Crippen LogP contribution in [0, 0.1) is 6.92 Å². The summed E-state index contributed by atoms with van der Waals surface area (Å²) in [6, 6.07) is 18.5. The highest BCUT2D eigenvalue weighted by molar-refractivity contribution is 5.79. The van der Waals surface area contributed by atoms with Gasteiger partial charge in [0.05, 0.1) is 6.10 Å². The topological polar surface area (TPSA) is 40.5 Å². The standard InChI is InChI=1S/C25H31NO2/c1-19-7-5-6-10-22(19)20-11-15-25(16-12-20)17-13-24(28)26(25)18-14-23(27)21-8-3-2-4-9-21/h2-10,20,23,27H,11-18H2,1H3/t20?,23-,25?/m1/s1. The van der Waals surface area contributed by atoms with E-state index in [0.717, 1.165) is 37.7 Å². The second kappa shape index (κ2) is 8.08. The molecular formula is C25H31NO2. The molecule has 1 aliphatic heterocycles. The smallest absolute Gasteiger partial charge is 0.223 e. The molecule has 1 spiro atoms. The van der Waals surface area contributed by atoms with Crippen molar-refractivity contribution in [3.8, 4) is 0 Å². The Bertz CT molecular complexity index is 808. The van der Waals surface area contributed by atoms with Crippen LogP contribution in [-0.4, -0.2) is 28.0 Å². The van der Waals surface area contributed by atoms with Crippen LogP contribution in [0.3, 0.4) is 0 Å². The van der Waals surface area contributed by atoms with Crippen molar-refractivity contribution in [3.05, 3.63) is 71.3 Å². The van der Waals surface area contributed by atoms with Crippen molar-refractivity contribution in [3.63, 3.8) is 0 Å². The first-order valence-electron chi connectivity index (χ1n) is 10.7. The van der Waals surface area contributed by atoms with Crippen LogP contribution in [0.2, 0.25) is 0 Å². The number of carbonyl (C=O) groups excluding carboxylic acids is 1. The lowest BCUT2D eigenvalue weighted by Crippen LogP contribution is -2.48. The Morgan fingerprint density at radius 1 is 1.04 bits per heavy atom. The Hall–Kier alpha value is -2.13. The van der Waals surface area contributed by atoms with Gasteiger partial charge in [0.25, 0.3) is 0 Å². The zero-order valence-corrected chi connectivity index (χ0v) is 16.8. The minimum atomic E-state index is -0.505. The fourth-order valence-corrected chi connectivity index (χ4v) is 5.36. The van der Waals surface area contributed by atoms with Crippen molar-refractivity contribution < 1.29 is 9.90 Å². The van der Waals surface area contributed by atoms with Crippen LogP contribution in [0.4, 0.5) is 0 Å². The fourth-order valence-electron chi connectivity index (χ4n) is 5.36. The highest BCUT2D eigenvalue weighted by atomic mass is 16.3. The lowest BCUT2D eigenvalue weighted by Gasteiger charge is -2.44. The van der Waals surface area contributed by atoms with Crippen molar-refractivity contribution in [2.45, 2.75) is 69.4 Å². The van der Waals surface area contributed by atoms with Gasteiger partial charge in [0.1, 0.15) is 0 Å². The van der Waals surface area contributed by atoms with Gasteiger partial charge < -0.3 is 10.0 Å². The second-order valence-electron chi connectivity index (χ2n) is 8.62. The third-order valence-corrected chi connectivity index (χ3v) is 7.03. The third kappa shape index (κ3) is 3.73. The molecule has 1 N–H and O–H groups in total. The zero-order chi connectivity index (χ0) is 19.6. The molecule has 1 amide bonds. The van der Waals surface area contributed by atoms with Crippen molar-refractivity contribution >= 4 is 5.91 Å². The molecule has 0 aromatic heterocycles. The Kier molecular flexibility index (Phi) is 5.54. The lowest BCUT2D eigenvalue weighted by molar-refractivity contribution is -0.132. The minimum Gasteiger partial charge on any atom is -0.388 e. The number of carbonyl (C=O) groups is 1. The number of hydrogen-bond acceptors (Lipinski definition) is 2. The summed E-state index contributed by atoms with van der Waals surface area (Å²) in [7, 11) is 0. The predicted octanol–water partition coefficient (Wildman–Crippen LogP) is 5.14. The number of aryl methyl sites for hydroxylation is 1. The Balaban J connectivity index is 1.41. The largest absolute Gasteiger partial charge is 0.388 e. The van der Waals surface area contributed by atoms with Gasteiger partial charge in [-0.2, -0.15) is 0 Å². The number of nitrogens with zero attached hydrogens (tertiary/aromatic N) is 1. The van der Waals surface area contributed by atoms with Gasteiger partial charge in [-0.25, -0.2) is 0 Å². The van der Waals surface area contributed by atoms with E-state index in [9.17, 15) is 9.90 Å². The van der Waals surface area contributed by atoms with Crippen molar-refractivity contribution in [2.75, 3.05) is 6.54 Å². The van der Waals surface area contributed by atoms with Gasteiger partial charge in [-0.15, -0.1) is 0 Å². The number of aliphatic hydroxyl groups excluding tert-OH is 1. The summed E-state index contributed by atoms with van der Waals surface area (Å²) < 4.78 is 0. The maximum Gasteiger partial charge on any atom is 0.223 e. The van der Waals surface area contributed by atoms with Crippen LogP contribution in [0.1, 0.15) is 73.7 Å². The van der Waals surface area contributed by atoms with Gasteiger partial charge in [0.2, 0.25) is 5.91 Å². The summed E-state index contributed by atoms with van der Waals surface area (Å²) >= 11 is 0. The van der Waals surface area contributed by atoms with Crippen LogP contribution in [-0.2, 0) is 4.79 Å². The average molecular weight is 378 g/mol. The van der Waals surface area contributed by atoms with E-state index >= 15 is 0 Å². The number of rotatable bonds is 5. The van der Waals surface area contributed by atoms with Gasteiger partial charge in [0, 0.05) is 18.5 Å². The lowest BCUT2D eigenvalue weighted by atomic mass is 9.72. The van der Waals surface area contributed by atoms with E-state index < -0.39 is 6.10 Å². The van der Waals surface area contributed by atoms with Crippen LogP contribution in [0.5, 0.6) is 0 Å². The fraction of sp³-hybridized carbons (Fsp3) is 0.480. The SMILES string of the molecule is Cc1ccccc1C1CCC2(CCC(=O)N2CC[C@@H](O)c2ccccc2)CC1. The van der Waals surface area contributed by atoms with Crippen molar-refractivity contribution in [2.24, 2.45) is 0 Å². The van der Waals surface area contributed by atoms with E-state index in [-0.39, 0.29) is 11.4 Å². The predicted molar refractivity (Wildman–Crippen MR) is 112 cm³/mol. The Morgan fingerprint density at radius 3 is 2.43 bits per heavy atom.